The molecule has 1 aliphatic heterocycles. The predicted molar refractivity (Wildman–Crippen MR) is 93.1 cm³/mol. The van der Waals surface area contributed by atoms with Crippen molar-refractivity contribution < 1.29 is 14.1 Å². The highest BCUT2D eigenvalue weighted by Crippen LogP contribution is 2.22. The lowest BCUT2D eigenvalue weighted by Crippen LogP contribution is -2.35. The second-order valence-corrected chi connectivity index (χ2v) is 6.46. The molecule has 6 nitrogen and oxygen atoms in total. The molecule has 25 heavy (non-hydrogen) atoms. The van der Waals surface area contributed by atoms with Crippen molar-refractivity contribution in [2.24, 2.45) is 5.92 Å². The van der Waals surface area contributed by atoms with Gasteiger partial charge >= 0.3 is 0 Å². The molecule has 1 aliphatic rings. The topological polar surface area (TPSA) is 75.4 Å². The molecule has 0 spiro atoms. The lowest BCUT2D eigenvalue weighted by atomic mass is 10.1. The predicted octanol–water partition coefficient (Wildman–Crippen LogP) is 2.11. The molecule has 1 atom stereocenters. The number of hydrogen-bond acceptors (Lipinski definition) is 4. The minimum atomic E-state index is -0.153. The van der Waals surface area contributed by atoms with Gasteiger partial charge in [-0.1, -0.05) is 35.5 Å². The Kier molecular flexibility index (Phi) is 5.16. The summed E-state index contributed by atoms with van der Waals surface area (Å²) in [7, 11) is 0. The van der Waals surface area contributed by atoms with Crippen LogP contribution in [0, 0.1) is 19.8 Å². The Morgan fingerprint density at radius 3 is 2.72 bits per heavy atom. The number of aryl methyl sites for hydroxylation is 2. The van der Waals surface area contributed by atoms with Crippen LogP contribution in [0.1, 0.15) is 33.8 Å². The summed E-state index contributed by atoms with van der Waals surface area (Å²) < 4.78 is 5.07. The normalized spacial score (nSPS) is 16.9. The highest BCUT2D eigenvalue weighted by atomic mass is 16.5. The van der Waals surface area contributed by atoms with E-state index in [1.807, 2.05) is 30.3 Å². The van der Waals surface area contributed by atoms with Crippen LogP contribution < -0.4 is 5.32 Å². The van der Waals surface area contributed by atoms with Crippen molar-refractivity contribution in [3.05, 3.63) is 52.9 Å². The fraction of sp³-hybridized carbons (Fsp3) is 0.421. The minimum absolute atomic E-state index is 0.0185. The van der Waals surface area contributed by atoms with Gasteiger partial charge < -0.3 is 14.7 Å². The number of aromatic nitrogens is 1. The Labute approximate surface area is 147 Å². The molecule has 0 saturated carbocycles. The third-order valence-corrected chi connectivity index (χ3v) is 4.65. The number of carbonyl (C=O) groups is 2. The molecule has 2 aromatic rings. The van der Waals surface area contributed by atoms with Crippen molar-refractivity contribution in [1.82, 2.24) is 15.4 Å². The molecule has 1 aromatic carbocycles. The lowest BCUT2D eigenvalue weighted by molar-refractivity contribution is -0.124. The molecule has 1 N–H and O–H groups in total. The van der Waals surface area contributed by atoms with E-state index >= 15 is 0 Å². The Morgan fingerprint density at radius 1 is 1.28 bits per heavy atom. The molecule has 2 heterocycles. The standard InChI is InChI=1S/C19H23N3O3/c1-13-17(14(2)25-21-13)19(24)22-11-9-16(12-22)18(23)20-10-8-15-6-4-3-5-7-15/h3-7,16H,8-12H2,1-2H3,(H,20,23). The highest BCUT2D eigenvalue weighted by molar-refractivity contribution is 5.96. The van der Waals surface area contributed by atoms with Gasteiger partial charge in [-0.05, 0) is 32.3 Å². The van der Waals surface area contributed by atoms with E-state index in [1.54, 1.807) is 18.7 Å². The van der Waals surface area contributed by atoms with E-state index in [-0.39, 0.29) is 17.7 Å². The van der Waals surface area contributed by atoms with Gasteiger partial charge in [-0.15, -0.1) is 0 Å². The summed E-state index contributed by atoms with van der Waals surface area (Å²) in [6, 6.07) is 10.1. The highest BCUT2D eigenvalue weighted by Gasteiger charge is 2.33. The number of carbonyl (C=O) groups excluding carboxylic acids is 2. The van der Waals surface area contributed by atoms with Gasteiger partial charge in [-0.3, -0.25) is 9.59 Å². The molecule has 1 aromatic heterocycles. The molecule has 1 unspecified atom stereocenters. The Morgan fingerprint density at radius 2 is 2.04 bits per heavy atom. The first-order chi connectivity index (χ1) is 12.1. The fourth-order valence-corrected chi connectivity index (χ4v) is 3.22. The zero-order valence-electron chi connectivity index (χ0n) is 14.6. The average molecular weight is 341 g/mol. The van der Waals surface area contributed by atoms with E-state index in [0.29, 0.717) is 43.1 Å². The largest absolute Gasteiger partial charge is 0.361 e. The van der Waals surface area contributed by atoms with Gasteiger partial charge in [0.15, 0.2) is 0 Å². The maximum Gasteiger partial charge on any atom is 0.259 e. The molecule has 0 radical (unpaired) electrons. The summed E-state index contributed by atoms with van der Waals surface area (Å²) in [6.45, 7) is 5.13. The zero-order chi connectivity index (χ0) is 17.8. The molecule has 6 heteroatoms. The van der Waals surface area contributed by atoms with E-state index in [2.05, 4.69) is 10.5 Å². The Hall–Kier alpha value is -2.63. The Bertz CT molecular complexity index is 735. The molecule has 1 fully saturated rings. The van der Waals surface area contributed by atoms with Crippen LogP contribution in [0.2, 0.25) is 0 Å². The third-order valence-electron chi connectivity index (χ3n) is 4.65. The van der Waals surface area contributed by atoms with Gasteiger partial charge in [0.1, 0.15) is 11.3 Å². The Balaban J connectivity index is 1.50. The van der Waals surface area contributed by atoms with Crippen molar-refractivity contribution >= 4 is 11.8 Å². The minimum Gasteiger partial charge on any atom is -0.361 e. The summed E-state index contributed by atoms with van der Waals surface area (Å²) in [6.07, 6.45) is 1.49. The van der Waals surface area contributed by atoms with Crippen molar-refractivity contribution in [2.45, 2.75) is 26.7 Å². The van der Waals surface area contributed by atoms with Crippen LogP contribution in [0.4, 0.5) is 0 Å². The second kappa shape index (κ2) is 7.51. The molecule has 132 valence electrons. The molecular weight excluding hydrogens is 318 g/mol. The van der Waals surface area contributed by atoms with E-state index in [0.717, 1.165) is 6.42 Å². The van der Waals surface area contributed by atoms with E-state index in [1.165, 1.54) is 5.56 Å². The van der Waals surface area contributed by atoms with Crippen molar-refractivity contribution in [1.29, 1.82) is 0 Å². The van der Waals surface area contributed by atoms with Crippen LogP contribution in [0.15, 0.2) is 34.9 Å². The second-order valence-electron chi connectivity index (χ2n) is 6.46. The van der Waals surface area contributed by atoms with Crippen LogP contribution in [0.25, 0.3) is 0 Å². The van der Waals surface area contributed by atoms with E-state index < -0.39 is 0 Å². The molecule has 2 amide bonds. The smallest absolute Gasteiger partial charge is 0.259 e. The number of hydrogen-bond donors (Lipinski definition) is 1. The zero-order valence-corrected chi connectivity index (χ0v) is 14.6. The molecular formula is C19H23N3O3. The van der Waals surface area contributed by atoms with Crippen molar-refractivity contribution in [2.75, 3.05) is 19.6 Å². The summed E-state index contributed by atoms with van der Waals surface area (Å²) in [5.41, 5.74) is 2.31. The first kappa shape index (κ1) is 17.2. The maximum absolute atomic E-state index is 12.6. The molecule has 0 aliphatic carbocycles. The summed E-state index contributed by atoms with van der Waals surface area (Å²) >= 11 is 0. The van der Waals surface area contributed by atoms with Crippen LogP contribution in [0.3, 0.4) is 0 Å². The number of likely N-dealkylation sites (tertiary alicyclic amines) is 1. The van der Waals surface area contributed by atoms with Crippen LogP contribution in [-0.2, 0) is 11.2 Å². The van der Waals surface area contributed by atoms with Crippen LogP contribution in [-0.4, -0.2) is 41.5 Å². The fourth-order valence-electron chi connectivity index (χ4n) is 3.22. The number of amides is 2. The lowest BCUT2D eigenvalue weighted by Gasteiger charge is -2.16. The van der Waals surface area contributed by atoms with Crippen LogP contribution >= 0.6 is 0 Å². The summed E-state index contributed by atoms with van der Waals surface area (Å²) in [5.74, 6) is 0.291. The van der Waals surface area contributed by atoms with Gasteiger partial charge in [0, 0.05) is 19.6 Å². The number of rotatable bonds is 5. The number of benzene rings is 1. The first-order valence-corrected chi connectivity index (χ1v) is 8.60. The molecule has 1 saturated heterocycles. The van der Waals surface area contributed by atoms with Gasteiger partial charge in [0.2, 0.25) is 5.91 Å². The number of nitrogens with one attached hydrogen (secondary N) is 1. The maximum atomic E-state index is 12.6. The van der Waals surface area contributed by atoms with Gasteiger partial charge in [0.05, 0.1) is 11.6 Å². The first-order valence-electron chi connectivity index (χ1n) is 8.60. The van der Waals surface area contributed by atoms with Crippen LogP contribution in [0.5, 0.6) is 0 Å². The molecule has 0 bridgehead atoms. The van der Waals surface area contributed by atoms with Gasteiger partial charge in [-0.2, -0.15) is 0 Å². The van der Waals surface area contributed by atoms with E-state index in [9.17, 15) is 9.59 Å². The number of nitrogens with zero attached hydrogens (tertiary/aromatic N) is 2. The van der Waals surface area contributed by atoms with E-state index in [4.69, 9.17) is 4.52 Å². The van der Waals surface area contributed by atoms with Gasteiger partial charge in [-0.25, -0.2) is 0 Å². The van der Waals surface area contributed by atoms with Crippen molar-refractivity contribution in [3.63, 3.8) is 0 Å². The summed E-state index contributed by atoms with van der Waals surface area (Å²) in [4.78, 5) is 26.7. The summed E-state index contributed by atoms with van der Waals surface area (Å²) in [5, 5.41) is 6.81. The van der Waals surface area contributed by atoms with Crippen molar-refractivity contribution in [3.8, 4) is 0 Å². The monoisotopic (exact) mass is 341 g/mol. The SMILES string of the molecule is Cc1noc(C)c1C(=O)N1CCC(C(=O)NCCc2ccccc2)C1. The quantitative estimate of drug-likeness (QED) is 0.904. The molecule has 3 rings (SSSR count). The van der Waals surface area contributed by atoms with Gasteiger partial charge in [0.25, 0.3) is 5.91 Å². The average Bonchev–Trinajstić information content (AvgIpc) is 3.23. The third kappa shape index (κ3) is 3.90.